The van der Waals surface area contributed by atoms with E-state index in [0.717, 1.165) is 0 Å². The Kier molecular flexibility index (Phi) is 5.68. The van der Waals surface area contributed by atoms with Crippen molar-refractivity contribution in [3.05, 3.63) is 66.0 Å². The summed E-state index contributed by atoms with van der Waals surface area (Å²) in [4.78, 5) is 22.8. The van der Waals surface area contributed by atoms with Crippen LogP contribution in [0, 0.1) is 5.82 Å². The van der Waals surface area contributed by atoms with Crippen LogP contribution in [0.5, 0.6) is 0 Å². The van der Waals surface area contributed by atoms with Gasteiger partial charge in [0, 0.05) is 12.1 Å². The van der Waals surface area contributed by atoms with Crippen LogP contribution >= 0.6 is 0 Å². The van der Waals surface area contributed by atoms with E-state index in [1.807, 2.05) is 6.07 Å². The molecule has 0 aromatic heterocycles. The third-order valence-electron chi connectivity index (χ3n) is 3.26. The topological polar surface area (TPSA) is 78.4 Å². The Morgan fingerprint density at radius 1 is 1.04 bits per heavy atom. The number of amides is 2. The summed E-state index contributed by atoms with van der Waals surface area (Å²) in [5.41, 5.74) is 1.27. The number of urea groups is 1. The molecule has 5 nitrogen and oxygen atoms in total. The van der Waals surface area contributed by atoms with Gasteiger partial charge in [-0.25, -0.2) is 9.18 Å². The van der Waals surface area contributed by atoms with Crippen molar-refractivity contribution >= 4 is 17.7 Å². The Bertz CT molecular complexity index is 659. The van der Waals surface area contributed by atoms with Gasteiger partial charge >= 0.3 is 12.0 Å². The molecule has 0 bridgehead atoms. The summed E-state index contributed by atoms with van der Waals surface area (Å²) < 4.78 is 13.0. The highest BCUT2D eigenvalue weighted by Crippen LogP contribution is 2.19. The van der Waals surface area contributed by atoms with Crippen molar-refractivity contribution in [3.63, 3.8) is 0 Å². The smallest absolute Gasteiger partial charge is 0.319 e. The van der Waals surface area contributed by atoms with Gasteiger partial charge in [-0.05, 0) is 36.2 Å². The van der Waals surface area contributed by atoms with Gasteiger partial charge in [-0.3, -0.25) is 4.79 Å². The molecule has 0 aliphatic heterocycles. The van der Waals surface area contributed by atoms with Gasteiger partial charge < -0.3 is 15.7 Å². The summed E-state index contributed by atoms with van der Waals surface area (Å²) in [6, 6.07) is 13.5. The highest BCUT2D eigenvalue weighted by molar-refractivity contribution is 5.89. The van der Waals surface area contributed by atoms with Gasteiger partial charge in [0.2, 0.25) is 0 Å². The van der Waals surface area contributed by atoms with Crippen LogP contribution in [0.25, 0.3) is 0 Å². The molecule has 23 heavy (non-hydrogen) atoms. The van der Waals surface area contributed by atoms with Crippen LogP contribution < -0.4 is 10.6 Å². The van der Waals surface area contributed by atoms with E-state index < -0.39 is 18.0 Å². The molecular weight excluding hydrogens is 299 g/mol. The fourth-order valence-corrected chi connectivity index (χ4v) is 2.13. The molecule has 1 unspecified atom stereocenters. The zero-order chi connectivity index (χ0) is 16.7. The van der Waals surface area contributed by atoms with E-state index in [2.05, 4.69) is 10.6 Å². The molecule has 6 heteroatoms. The van der Waals surface area contributed by atoms with Gasteiger partial charge in [0.25, 0.3) is 0 Å². The van der Waals surface area contributed by atoms with Crippen LogP contribution in [-0.2, 0) is 4.79 Å². The number of anilines is 1. The van der Waals surface area contributed by atoms with Crippen molar-refractivity contribution in [3.8, 4) is 0 Å². The lowest BCUT2D eigenvalue weighted by Crippen LogP contribution is -2.33. The third-order valence-corrected chi connectivity index (χ3v) is 3.26. The minimum absolute atomic E-state index is 0.104. The number of carboxylic acids is 1. The van der Waals surface area contributed by atoms with Crippen molar-refractivity contribution < 1.29 is 19.1 Å². The number of aliphatic carboxylic acids is 1. The first-order chi connectivity index (χ1) is 11.0. The number of hydrogen-bond acceptors (Lipinski definition) is 2. The Balaban J connectivity index is 2.05. The second kappa shape index (κ2) is 7.93. The van der Waals surface area contributed by atoms with Crippen LogP contribution in [0.15, 0.2) is 54.6 Å². The largest absolute Gasteiger partial charge is 0.481 e. The first-order valence-electron chi connectivity index (χ1n) is 7.14. The van der Waals surface area contributed by atoms with Crippen LogP contribution in [0.3, 0.4) is 0 Å². The number of carboxylic acid groups (broad SMARTS) is 1. The Morgan fingerprint density at radius 2 is 1.70 bits per heavy atom. The molecular formula is C17H17FN2O3. The van der Waals surface area contributed by atoms with E-state index in [4.69, 9.17) is 5.11 Å². The quantitative estimate of drug-likeness (QED) is 0.762. The first-order valence-corrected chi connectivity index (χ1v) is 7.14. The summed E-state index contributed by atoms with van der Waals surface area (Å²) in [5, 5.41) is 14.2. The van der Waals surface area contributed by atoms with Crippen LogP contribution in [0.1, 0.15) is 24.4 Å². The van der Waals surface area contributed by atoms with E-state index in [-0.39, 0.29) is 18.7 Å². The molecule has 2 aromatic rings. The monoisotopic (exact) mass is 316 g/mol. The fourth-order valence-electron chi connectivity index (χ4n) is 2.13. The van der Waals surface area contributed by atoms with Crippen LogP contribution in [0.4, 0.5) is 14.9 Å². The number of rotatable bonds is 6. The SMILES string of the molecule is O=C(O)CCC(NC(=O)Nc1ccccc1)c1ccc(F)cc1. The fraction of sp³-hybridized carbons (Fsp3) is 0.176. The summed E-state index contributed by atoms with van der Waals surface area (Å²) in [5.74, 6) is -1.35. The molecule has 2 aromatic carbocycles. The maximum Gasteiger partial charge on any atom is 0.319 e. The highest BCUT2D eigenvalue weighted by Gasteiger charge is 2.16. The number of carbonyl (C=O) groups excluding carboxylic acids is 1. The van der Waals surface area contributed by atoms with Gasteiger partial charge in [-0.15, -0.1) is 0 Å². The molecule has 3 N–H and O–H groups in total. The molecule has 0 spiro atoms. The molecule has 120 valence electrons. The summed E-state index contributed by atoms with van der Waals surface area (Å²) in [6.07, 6.45) is 0.108. The lowest BCUT2D eigenvalue weighted by Gasteiger charge is -2.19. The van der Waals surface area contributed by atoms with Crippen molar-refractivity contribution in [2.24, 2.45) is 0 Å². The molecule has 0 radical (unpaired) electrons. The molecule has 1 atom stereocenters. The number of hydrogen-bond donors (Lipinski definition) is 3. The Morgan fingerprint density at radius 3 is 2.30 bits per heavy atom. The number of halogens is 1. The van der Waals surface area contributed by atoms with Crippen LogP contribution in [0.2, 0.25) is 0 Å². The van der Waals surface area contributed by atoms with E-state index in [1.165, 1.54) is 24.3 Å². The molecule has 0 heterocycles. The molecule has 0 saturated heterocycles. The average Bonchev–Trinajstić information content (AvgIpc) is 2.53. The molecule has 0 saturated carbocycles. The number of para-hydroxylation sites is 1. The van der Waals surface area contributed by atoms with E-state index in [0.29, 0.717) is 11.3 Å². The van der Waals surface area contributed by atoms with Gasteiger partial charge in [0.1, 0.15) is 5.82 Å². The van der Waals surface area contributed by atoms with Gasteiger partial charge in [-0.2, -0.15) is 0 Å². The minimum atomic E-state index is -0.956. The maximum absolute atomic E-state index is 13.0. The molecule has 2 amide bonds. The summed E-state index contributed by atoms with van der Waals surface area (Å²) in [7, 11) is 0. The molecule has 0 aliphatic rings. The Hall–Kier alpha value is -2.89. The Labute approximate surface area is 133 Å². The number of carbonyl (C=O) groups is 2. The minimum Gasteiger partial charge on any atom is -0.481 e. The molecule has 0 aliphatic carbocycles. The first kappa shape index (κ1) is 16.5. The second-order valence-electron chi connectivity index (χ2n) is 5.00. The van der Waals surface area contributed by atoms with Gasteiger partial charge in [0.15, 0.2) is 0 Å². The van der Waals surface area contributed by atoms with E-state index >= 15 is 0 Å². The summed E-state index contributed by atoms with van der Waals surface area (Å²) >= 11 is 0. The normalized spacial score (nSPS) is 11.5. The standard InChI is InChI=1S/C17H17FN2O3/c18-13-8-6-12(7-9-13)15(10-11-16(21)22)20-17(23)19-14-4-2-1-3-5-14/h1-9,15H,10-11H2,(H,21,22)(H2,19,20,23). The zero-order valence-electron chi connectivity index (χ0n) is 12.3. The lowest BCUT2D eigenvalue weighted by molar-refractivity contribution is -0.137. The lowest BCUT2D eigenvalue weighted by atomic mass is 10.0. The third kappa shape index (κ3) is 5.43. The second-order valence-corrected chi connectivity index (χ2v) is 5.00. The number of benzene rings is 2. The highest BCUT2D eigenvalue weighted by atomic mass is 19.1. The average molecular weight is 316 g/mol. The molecule has 2 rings (SSSR count). The molecule has 0 fully saturated rings. The van der Waals surface area contributed by atoms with Crippen molar-refractivity contribution in [1.29, 1.82) is 0 Å². The number of nitrogens with one attached hydrogen (secondary N) is 2. The van der Waals surface area contributed by atoms with Gasteiger partial charge in [0.05, 0.1) is 6.04 Å². The maximum atomic E-state index is 13.0. The van der Waals surface area contributed by atoms with E-state index in [9.17, 15) is 14.0 Å². The zero-order valence-corrected chi connectivity index (χ0v) is 12.3. The summed E-state index contributed by atoms with van der Waals surface area (Å²) in [6.45, 7) is 0. The predicted octanol–water partition coefficient (Wildman–Crippen LogP) is 3.55. The van der Waals surface area contributed by atoms with Crippen molar-refractivity contribution in [2.45, 2.75) is 18.9 Å². The van der Waals surface area contributed by atoms with E-state index in [1.54, 1.807) is 24.3 Å². The van der Waals surface area contributed by atoms with Crippen LogP contribution in [-0.4, -0.2) is 17.1 Å². The van der Waals surface area contributed by atoms with Crippen molar-refractivity contribution in [1.82, 2.24) is 5.32 Å². The van der Waals surface area contributed by atoms with Crippen molar-refractivity contribution in [2.75, 3.05) is 5.32 Å². The predicted molar refractivity (Wildman–Crippen MR) is 84.6 cm³/mol. The van der Waals surface area contributed by atoms with Gasteiger partial charge in [-0.1, -0.05) is 30.3 Å².